The number of hydrogen-bond donors (Lipinski definition) is 0. The minimum Gasteiger partial charge on any atom is -0.490 e. The van der Waals surface area contributed by atoms with E-state index in [4.69, 9.17) is 32.1 Å². The van der Waals surface area contributed by atoms with Gasteiger partial charge in [-0.2, -0.15) is 8.42 Å². The molecule has 1 heterocycles. The van der Waals surface area contributed by atoms with Gasteiger partial charge in [0.2, 0.25) is 0 Å². The predicted octanol–water partition coefficient (Wildman–Crippen LogP) is 6.64. The van der Waals surface area contributed by atoms with Crippen LogP contribution in [0.5, 0.6) is 11.5 Å². The maximum Gasteiger partial charge on any atom is 0.339 e. The number of nitrogens with zero attached hydrogens (tertiary/aromatic N) is 1. The summed E-state index contributed by atoms with van der Waals surface area (Å²) in [5, 5.41) is 0.421. The molecule has 1 fully saturated rings. The monoisotopic (exact) mass is 627 g/mol. The molecule has 1 aliphatic heterocycles. The molecule has 0 radical (unpaired) electrons. The normalized spacial score (nSPS) is 15.0. The predicted molar refractivity (Wildman–Crippen MR) is 143 cm³/mol. The number of halogens is 3. The maximum absolute atomic E-state index is 12.8. The van der Waals surface area contributed by atoms with Crippen LogP contribution in [0.1, 0.15) is 5.56 Å². The third-order valence-corrected chi connectivity index (χ3v) is 8.18. The van der Waals surface area contributed by atoms with E-state index in [-0.39, 0.29) is 28.7 Å². The molecular formula is C24H16BrCl2NO6S2. The van der Waals surface area contributed by atoms with Gasteiger partial charge in [0.15, 0.2) is 5.75 Å². The van der Waals surface area contributed by atoms with Crippen LogP contribution in [0.2, 0.25) is 10.0 Å². The van der Waals surface area contributed by atoms with Gasteiger partial charge in [-0.25, -0.2) is 0 Å². The SMILES string of the molecule is O=C1S/C(=C\c2ccc(OS(=O)(=O)c3ccc(Cl)cc3)c(Br)c2)C(=O)N1CCOc1ccccc1Cl. The molecule has 0 spiro atoms. The first-order chi connectivity index (χ1) is 17.1. The van der Waals surface area contributed by atoms with Gasteiger partial charge < -0.3 is 8.92 Å². The quantitative estimate of drug-likeness (QED) is 0.204. The van der Waals surface area contributed by atoms with Gasteiger partial charge in [0.05, 0.1) is 20.9 Å². The molecule has 0 aromatic heterocycles. The summed E-state index contributed by atoms with van der Waals surface area (Å²) in [6.07, 6.45) is 1.54. The number of benzene rings is 3. The number of imide groups is 1. The summed E-state index contributed by atoms with van der Waals surface area (Å²) in [5.74, 6) is 0.0772. The second kappa shape index (κ2) is 11.3. The lowest BCUT2D eigenvalue weighted by Gasteiger charge is -2.13. The molecule has 0 N–H and O–H groups in total. The number of carbonyl (C=O) groups is 2. The average Bonchev–Trinajstić information content (AvgIpc) is 3.09. The van der Waals surface area contributed by atoms with Crippen LogP contribution in [0.25, 0.3) is 6.08 Å². The summed E-state index contributed by atoms with van der Waals surface area (Å²) in [6, 6.07) is 17.1. The molecule has 186 valence electrons. The van der Waals surface area contributed by atoms with E-state index in [1.165, 1.54) is 30.3 Å². The van der Waals surface area contributed by atoms with Crippen LogP contribution >= 0.6 is 50.9 Å². The molecule has 3 aromatic carbocycles. The van der Waals surface area contributed by atoms with Crippen molar-refractivity contribution in [3.8, 4) is 11.5 Å². The fourth-order valence-corrected chi connectivity index (χ4v) is 5.81. The highest BCUT2D eigenvalue weighted by Crippen LogP contribution is 2.34. The lowest BCUT2D eigenvalue weighted by molar-refractivity contribution is -0.123. The Morgan fingerprint density at radius 2 is 1.69 bits per heavy atom. The van der Waals surface area contributed by atoms with Gasteiger partial charge in [-0.1, -0.05) is 41.4 Å². The van der Waals surface area contributed by atoms with E-state index in [1.807, 2.05) is 0 Å². The van der Waals surface area contributed by atoms with Crippen molar-refractivity contribution in [1.29, 1.82) is 0 Å². The molecule has 3 aromatic rings. The van der Waals surface area contributed by atoms with E-state index in [0.29, 0.717) is 25.8 Å². The third-order valence-electron chi connectivity index (χ3n) is 4.84. The van der Waals surface area contributed by atoms with Gasteiger partial charge in [-0.15, -0.1) is 0 Å². The number of para-hydroxylation sites is 1. The van der Waals surface area contributed by atoms with Crippen LogP contribution < -0.4 is 8.92 Å². The van der Waals surface area contributed by atoms with Gasteiger partial charge in [0.1, 0.15) is 17.3 Å². The number of amides is 2. The van der Waals surface area contributed by atoms with E-state index in [0.717, 1.165) is 16.7 Å². The van der Waals surface area contributed by atoms with Crippen LogP contribution in [-0.2, 0) is 14.9 Å². The zero-order valence-electron chi connectivity index (χ0n) is 18.2. The third kappa shape index (κ3) is 6.24. The first kappa shape index (κ1) is 26.6. The average molecular weight is 629 g/mol. The number of carbonyl (C=O) groups excluding carboxylic acids is 2. The van der Waals surface area contributed by atoms with Crippen LogP contribution in [-0.4, -0.2) is 37.6 Å². The zero-order valence-corrected chi connectivity index (χ0v) is 22.9. The smallest absolute Gasteiger partial charge is 0.339 e. The lowest BCUT2D eigenvalue weighted by atomic mass is 10.2. The first-order valence-corrected chi connectivity index (χ1v) is 14.0. The topological polar surface area (TPSA) is 90.0 Å². The molecule has 2 amide bonds. The molecule has 0 atom stereocenters. The second-order valence-corrected chi connectivity index (χ2v) is 11.5. The van der Waals surface area contributed by atoms with Gasteiger partial charge in [0.25, 0.3) is 11.1 Å². The second-order valence-electron chi connectivity index (χ2n) is 7.29. The Morgan fingerprint density at radius 1 is 0.972 bits per heavy atom. The van der Waals surface area contributed by atoms with Crippen LogP contribution in [0.3, 0.4) is 0 Å². The number of hydrogen-bond acceptors (Lipinski definition) is 7. The van der Waals surface area contributed by atoms with Crippen molar-refractivity contribution in [3.05, 3.63) is 91.7 Å². The van der Waals surface area contributed by atoms with Crippen molar-refractivity contribution < 1.29 is 26.9 Å². The fourth-order valence-electron chi connectivity index (χ4n) is 3.09. The molecule has 1 aliphatic rings. The van der Waals surface area contributed by atoms with E-state index < -0.39 is 21.3 Å². The molecule has 7 nitrogen and oxygen atoms in total. The molecule has 0 aliphatic carbocycles. The molecule has 0 unspecified atom stereocenters. The van der Waals surface area contributed by atoms with Gasteiger partial charge in [0, 0.05) is 5.02 Å². The number of thioether (sulfide) groups is 1. The molecule has 0 saturated carbocycles. The van der Waals surface area contributed by atoms with Crippen LogP contribution in [0.15, 0.2) is 81.0 Å². The van der Waals surface area contributed by atoms with Gasteiger partial charge in [-0.05, 0) is 87.9 Å². The van der Waals surface area contributed by atoms with E-state index in [1.54, 1.807) is 42.5 Å². The van der Waals surface area contributed by atoms with Gasteiger partial charge >= 0.3 is 10.1 Å². The largest absolute Gasteiger partial charge is 0.490 e. The lowest BCUT2D eigenvalue weighted by Crippen LogP contribution is -2.32. The van der Waals surface area contributed by atoms with Crippen molar-refractivity contribution in [1.82, 2.24) is 4.90 Å². The molecule has 4 rings (SSSR count). The fraction of sp³-hybridized carbons (Fsp3) is 0.0833. The van der Waals surface area contributed by atoms with Crippen LogP contribution in [0, 0.1) is 0 Å². The Hall–Kier alpha value is -2.50. The van der Waals surface area contributed by atoms with Crippen molar-refractivity contribution in [3.63, 3.8) is 0 Å². The van der Waals surface area contributed by atoms with E-state index >= 15 is 0 Å². The summed E-state index contributed by atoms with van der Waals surface area (Å²) < 4.78 is 36.2. The highest BCUT2D eigenvalue weighted by molar-refractivity contribution is 9.10. The van der Waals surface area contributed by atoms with Crippen LogP contribution in [0.4, 0.5) is 4.79 Å². The minimum absolute atomic E-state index is 0.0462. The maximum atomic E-state index is 12.8. The van der Waals surface area contributed by atoms with Crippen molar-refractivity contribution in [2.75, 3.05) is 13.2 Å². The Kier molecular flexibility index (Phi) is 8.31. The van der Waals surface area contributed by atoms with Gasteiger partial charge in [-0.3, -0.25) is 14.5 Å². The van der Waals surface area contributed by atoms with E-state index in [9.17, 15) is 18.0 Å². The summed E-state index contributed by atoms with van der Waals surface area (Å²) in [7, 11) is -4.08. The minimum atomic E-state index is -4.08. The summed E-state index contributed by atoms with van der Waals surface area (Å²) in [5.41, 5.74) is 0.566. The molecule has 12 heteroatoms. The molecule has 1 saturated heterocycles. The zero-order chi connectivity index (χ0) is 25.9. The Morgan fingerprint density at radius 3 is 2.39 bits per heavy atom. The summed E-state index contributed by atoms with van der Waals surface area (Å²) >= 11 is 16.0. The van der Waals surface area contributed by atoms with Crippen molar-refractivity contribution in [2.24, 2.45) is 0 Å². The highest BCUT2D eigenvalue weighted by atomic mass is 79.9. The Bertz CT molecular complexity index is 1460. The molecule has 0 bridgehead atoms. The summed E-state index contributed by atoms with van der Waals surface area (Å²) in [4.78, 5) is 26.4. The highest BCUT2D eigenvalue weighted by Gasteiger charge is 2.34. The number of rotatable bonds is 8. The first-order valence-electron chi connectivity index (χ1n) is 10.3. The Labute approximate surface area is 230 Å². The molecule has 36 heavy (non-hydrogen) atoms. The number of ether oxygens (including phenoxy) is 1. The van der Waals surface area contributed by atoms with Crippen molar-refractivity contribution >= 4 is 78.2 Å². The summed E-state index contributed by atoms with van der Waals surface area (Å²) in [6.45, 7) is 0.154. The van der Waals surface area contributed by atoms with E-state index in [2.05, 4.69) is 15.9 Å². The molecular weight excluding hydrogens is 613 g/mol. The standard InChI is InChI=1S/C24H16BrCl2NO6S2/c25-18-13-15(5-10-20(18)34-36(31,32)17-8-6-16(26)7-9-17)14-22-23(29)28(24(30)35-22)11-12-33-21-4-2-1-3-19(21)27/h1-10,13-14H,11-12H2/b22-14-. The Balaban J connectivity index is 1.43. The van der Waals surface area contributed by atoms with Crippen molar-refractivity contribution in [2.45, 2.75) is 4.90 Å².